The lowest BCUT2D eigenvalue weighted by atomic mass is 9.96. The van der Waals surface area contributed by atoms with Gasteiger partial charge < -0.3 is 0 Å². The molecule has 0 radical (unpaired) electrons. The molecule has 0 heterocycles. The minimum Gasteiger partial charge on any atom is -0.206 e. The van der Waals surface area contributed by atoms with Crippen molar-refractivity contribution in [2.24, 2.45) is 0 Å². The third-order valence-corrected chi connectivity index (χ3v) is 6.48. The van der Waals surface area contributed by atoms with Crippen LogP contribution >= 0.6 is 11.6 Å². The summed E-state index contributed by atoms with van der Waals surface area (Å²) in [5, 5.41) is 1.33. The lowest BCUT2D eigenvalue weighted by Gasteiger charge is -2.11. The van der Waals surface area contributed by atoms with Crippen molar-refractivity contribution >= 4 is 22.4 Å². The molecule has 0 aliphatic rings. The molecule has 0 bridgehead atoms. The summed E-state index contributed by atoms with van der Waals surface area (Å²) in [5.41, 5.74) is 1.53. The first-order chi connectivity index (χ1) is 16.4. The summed E-state index contributed by atoms with van der Waals surface area (Å²) in [4.78, 5) is 0. The van der Waals surface area contributed by atoms with Crippen LogP contribution in [0.2, 0.25) is 5.02 Å². The number of fused-ring (bicyclic) bond motifs is 1. The van der Waals surface area contributed by atoms with E-state index >= 15 is 0 Å². The number of benzene rings is 4. The molecule has 0 aromatic heterocycles. The zero-order chi connectivity index (χ0) is 24.2. The molecule has 176 valence electrons. The van der Waals surface area contributed by atoms with Gasteiger partial charge in [0.15, 0.2) is 0 Å². The molecule has 0 spiro atoms. The van der Waals surface area contributed by atoms with E-state index in [4.69, 9.17) is 11.6 Å². The van der Waals surface area contributed by atoms with Crippen LogP contribution in [0.15, 0.2) is 60.7 Å². The summed E-state index contributed by atoms with van der Waals surface area (Å²) >= 11 is 5.48. The highest BCUT2D eigenvalue weighted by Gasteiger charge is 2.18. The maximum Gasteiger partial charge on any atom is 0.145 e. The van der Waals surface area contributed by atoms with Crippen molar-refractivity contribution in [3.63, 3.8) is 0 Å². The molecule has 0 unspecified atom stereocenters. The number of aryl methyl sites for hydroxylation is 1. The Morgan fingerprint density at radius 3 is 1.85 bits per heavy atom. The fourth-order valence-electron chi connectivity index (χ4n) is 4.28. The first kappa shape index (κ1) is 24.3. The Hall–Kier alpha value is -2.85. The maximum atomic E-state index is 14.9. The molecule has 0 aliphatic carbocycles. The highest BCUT2D eigenvalue weighted by Crippen LogP contribution is 2.34. The number of unbranched alkanes of at least 4 members (excludes halogenated alkanes) is 4. The number of rotatable bonds is 8. The largest absolute Gasteiger partial charge is 0.206 e. The smallest absolute Gasteiger partial charge is 0.145 e. The van der Waals surface area contributed by atoms with Crippen LogP contribution < -0.4 is 0 Å². The van der Waals surface area contributed by atoms with Gasteiger partial charge in [-0.2, -0.15) is 0 Å². The number of hydrogen-bond donors (Lipinski definition) is 0. The first-order valence-electron chi connectivity index (χ1n) is 11.5. The Balaban J connectivity index is 1.60. The van der Waals surface area contributed by atoms with E-state index in [0.29, 0.717) is 11.1 Å². The summed E-state index contributed by atoms with van der Waals surface area (Å²) in [6.45, 7) is 2.20. The predicted molar refractivity (Wildman–Crippen MR) is 132 cm³/mol. The first-order valence-corrected chi connectivity index (χ1v) is 11.9. The molecule has 4 rings (SSSR count). The Kier molecular flexibility index (Phi) is 7.57. The van der Waals surface area contributed by atoms with E-state index in [1.54, 1.807) is 0 Å². The van der Waals surface area contributed by atoms with E-state index in [0.717, 1.165) is 35.7 Å². The van der Waals surface area contributed by atoms with Crippen molar-refractivity contribution in [2.75, 3.05) is 0 Å². The summed E-state index contributed by atoms with van der Waals surface area (Å²) in [5.74, 6) is -3.96. The van der Waals surface area contributed by atoms with E-state index in [2.05, 4.69) is 19.1 Å². The molecule has 34 heavy (non-hydrogen) atoms. The van der Waals surface area contributed by atoms with E-state index in [1.165, 1.54) is 43.4 Å². The Labute approximate surface area is 202 Å². The van der Waals surface area contributed by atoms with Gasteiger partial charge >= 0.3 is 0 Å². The molecule has 4 aromatic rings. The molecule has 0 aliphatic heterocycles. The fourth-order valence-corrected chi connectivity index (χ4v) is 4.39. The molecule has 0 saturated carbocycles. The minimum atomic E-state index is -1.07. The van der Waals surface area contributed by atoms with Crippen molar-refractivity contribution in [3.05, 3.63) is 94.5 Å². The van der Waals surface area contributed by atoms with Crippen molar-refractivity contribution in [2.45, 2.75) is 45.4 Å². The van der Waals surface area contributed by atoms with E-state index in [-0.39, 0.29) is 5.56 Å². The van der Waals surface area contributed by atoms with Gasteiger partial charge in [0.05, 0.1) is 5.56 Å². The molecular formula is C29H25ClF4. The van der Waals surface area contributed by atoms with Gasteiger partial charge in [-0.25, -0.2) is 17.6 Å². The number of halogens is 5. The molecule has 0 N–H and O–H groups in total. The summed E-state index contributed by atoms with van der Waals surface area (Å²) < 4.78 is 57.4. The van der Waals surface area contributed by atoms with Crippen LogP contribution in [0, 0.1) is 23.3 Å². The molecule has 0 amide bonds. The van der Waals surface area contributed by atoms with Gasteiger partial charge in [0.2, 0.25) is 0 Å². The average molecular weight is 485 g/mol. The third-order valence-electron chi connectivity index (χ3n) is 6.12. The summed E-state index contributed by atoms with van der Waals surface area (Å²) in [6.07, 6.45) is 7.19. The molecule has 4 aromatic carbocycles. The van der Waals surface area contributed by atoms with Gasteiger partial charge in [-0.3, -0.25) is 0 Å². The van der Waals surface area contributed by atoms with E-state index < -0.39 is 33.9 Å². The second kappa shape index (κ2) is 10.6. The van der Waals surface area contributed by atoms with E-state index in [9.17, 15) is 17.6 Å². The lowest BCUT2D eigenvalue weighted by Crippen LogP contribution is -1.95. The zero-order valence-electron chi connectivity index (χ0n) is 18.9. The summed E-state index contributed by atoms with van der Waals surface area (Å²) in [6, 6.07) is 15.9. The monoisotopic (exact) mass is 484 g/mol. The number of hydrogen-bond acceptors (Lipinski definition) is 0. The van der Waals surface area contributed by atoms with Crippen molar-refractivity contribution in [3.8, 4) is 22.3 Å². The quantitative estimate of drug-likeness (QED) is 0.132. The fraction of sp³-hybridized carbons (Fsp3) is 0.241. The maximum absolute atomic E-state index is 14.9. The normalized spacial score (nSPS) is 11.4. The van der Waals surface area contributed by atoms with Crippen LogP contribution in [0.4, 0.5) is 17.6 Å². The lowest BCUT2D eigenvalue weighted by molar-refractivity contribution is 0.579. The second-order valence-corrected chi connectivity index (χ2v) is 9.01. The van der Waals surface area contributed by atoms with Crippen molar-refractivity contribution < 1.29 is 17.6 Å². The second-order valence-electron chi connectivity index (χ2n) is 8.63. The van der Waals surface area contributed by atoms with Gasteiger partial charge in [-0.15, -0.1) is 0 Å². The average Bonchev–Trinajstić information content (AvgIpc) is 2.81. The standard InChI is InChI=1S/C29H25ClF4/c1-2-3-4-5-6-7-18-8-9-20-13-21(11-10-19(20)12-18)22-14-24(31)28(25(32)15-22)23-16-26(33)29(30)27(34)17-23/h8-17H,2-7H2,1H3. The topological polar surface area (TPSA) is 0 Å². The molecule has 0 nitrogen and oxygen atoms in total. The SMILES string of the molecule is CCCCCCCc1ccc2cc(-c3cc(F)c(-c4cc(F)c(Cl)c(F)c4)c(F)c3)ccc2c1. The highest BCUT2D eigenvalue weighted by molar-refractivity contribution is 6.31. The Morgan fingerprint density at radius 2 is 1.18 bits per heavy atom. The van der Waals surface area contributed by atoms with Gasteiger partial charge in [-0.05, 0) is 76.2 Å². The minimum absolute atomic E-state index is 0.248. The zero-order valence-corrected chi connectivity index (χ0v) is 19.7. The summed E-state index contributed by atoms with van der Waals surface area (Å²) in [7, 11) is 0. The molecule has 0 saturated heterocycles. The van der Waals surface area contributed by atoms with E-state index in [1.807, 2.05) is 24.3 Å². The van der Waals surface area contributed by atoms with Crippen LogP contribution in [-0.4, -0.2) is 0 Å². The Bertz CT molecular complexity index is 1280. The van der Waals surface area contributed by atoms with Crippen LogP contribution in [0.25, 0.3) is 33.0 Å². The highest BCUT2D eigenvalue weighted by atomic mass is 35.5. The molecule has 0 fully saturated rings. The van der Waals surface area contributed by atoms with Crippen LogP contribution in [0.3, 0.4) is 0 Å². The molecule has 5 heteroatoms. The van der Waals surface area contributed by atoms with Crippen LogP contribution in [0.5, 0.6) is 0 Å². The van der Waals surface area contributed by atoms with Gasteiger partial charge in [0, 0.05) is 0 Å². The van der Waals surface area contributed by atoms with Crippen molar-refractivity contribution in [1.29, 1.82) is 0 Å². The van der Waals surface area contributed by atoms with Crippen molar-refractivity contribution in [1.82, 2.24) is 0 Å². The van der Waals surface area contributed by atoms with Gasteiger partial charge in [0.25, 0.3) is 0 Å². The predicted octanol–water partition coefficient (Wildman–Crippen LogP) is 9.90. The third kappa shape index (κ3) is 5.28. The molecular weight excluding hydrogens is 460 g/mol. The van der Waals surface area contributed by atoms with Crippen LogP contribution in [0.1, 0.15) is 44.6 Å². The Morgan fingerprint density at radius 1 is 0.588 bits per heavy atom. The van der Waals surface area contributed by atoms with Gasteiger partial charge in [0.1, 0.15) is 28.3 Å². The van der Waals surface area contributed by atoms with Crippen LogP contribution in [-0.2, 0) is 6.42 Å². The van der Waals surface area contributed by atoms with Gasteiger partial charge in [-0.1, -0.05) is 74.5 Å². The molecule has 0 atom stereocenters.